The van der Waals surface area contributed by atoms with Crippen LogP contribution < -0.4 is 11.3 Å². The van der Waals surface area contributed by atoms with Gasteiger partial charge in [-0.25, -0.2) is 0 Å². The van der Waals surface area contributed by atoms with Crippen molar-refractivity contribution in [3.05, 3.63) is 28.5 Å². The van der Waals surface area contributed by atoms with Crippen LogP contribution in [0, 0.1) is 5.41 Å². The zero-order valence-corrected chi connectivity index (χ0v) is 11.7. The quantitative estimate of drug-likeness (QED) is 0.660. The SMILES string of the molecule is CC(C)(C)CCC(NN)c1ncccc1Br. The van der Waals surface area contributed by atoms with Gasteiger partial charge in [0.15, 0.2) is 0 Å². The van der Waals surface area contributed by atoms with Crippen molar-refractivity contribution >= 4 is 15.9 Å². The van der Waals surface area contributed by atoms with E-state index in [1.54, 1.807) is 6.20 Å². The van der Waals surface area contributed by atoms with Crippen LogP contribution in [0.4, 0.5) is 0 Å². The molecule has 1 heterocycles. The Labute approximate surface area is 106 Å². The van der Waals surface area contributed by atoms with Crippen LogP contribution in [0.25, 0.3) is 0 Å². The van der Waals surface area contributed by atoms with E-state index in [0.717, 1.165) is 23.0 Å². The summed E-state index contributed by atoms with van der Waals surface area (Å²) < 4.78 is 1.01. The maximum Gasteiger partial charge on any atom is 0.0728 e. The number of rotatable bonds is 4. The molecule has 1 aromatic rings. The van der Waals surface area contributed by atoms with E-state index in [0.29, 0.717) is 5.41 Å². The average Bonchev–Trinajstić information content (AvgIpc) is 2.20. The fourth-order valence-electron chi connectivity index (χ4n) is 1.53. The van der Waals surface area contributed by atoms with Gasteiger partial charge in [0.1, 0.15) is 0 Å². The van der Waals surface area contributed by atoms with Crippen molar-refractivity contribution in [1.29, 1.82) is 0 Å². The average molecular weight is 286 g/mol. The van der Waals surface area contributed by atoms with Crippen molar-refractivity contribution in [3.8, 4) is 0 Å². The lowest BCUT2D eigenvalue weighted by Crippen LogP contribution is -2.29. The third-order valence-electron chi connectivity index (χ3n) is 2.50. The van der Waals surface area contributed by atoms with Gasteiger partial charge in [0.2, 0.25) is 0 Å². The Morgan fingerprint density at radius 1 is 1.50 bits per heavy atom. The fourth-order valence-corrected chi connectivity index (χ4v) is 2.06. The molecule has 4 heteroatoms. The summed E-state index contributed by atoms with van der Waals surface area (Å²) in [6.07, 6.45) is 3.88. The van der Waals surface area contributed by atoms with Crippen LogP contribution in [0.2, 0.25) is 0 Å². The Hall–Kier alpha value is -0.450. The van der Waals surface area contributed by atoms with Crippen molar-refractivity contribution in [2.75, 3.05) is 0 Å². The second kappa shape index (κ2) is 5.75. The standard InChI is InChI=1S/C12H20BrN3/c1-12(2,3)7-6-10(16-14)11-9(13)5-4-8-15-11/h4-5,8,10,16H,6-7,14H2,1-3H3. The molecule has 0 aliphatic carbocycles. The summed E-state index contributed by atoms with van der Waals surface area (Å²) in [7, 11) is 0. The molecular formula is C12H20BrN3. The van der Waals surface area contributed by atoms with Gasteiger partial charge in [-0.2, -0.15) is 0 Å². The minimum atomic E-state index is 0.106. The molecule has 0 spiro atoms. The van der Waals surface area contributed by atoms with Gasteiger partial charge in [0, 0.05) is 10.7 Å². The normalized spacial score (nSPS) is 13.8. The molecular weight excluding hydrogens is 266 g/mol. The molecule has 3 nitrogen and oxygen atoms in total. The van der Waals surface area contributed by atoms with Gasteiger partial charge in [-0.15, -0.1) is 0 Å². The highest BCUT2D eigenvalue weighted by Crippen LogP contribution is 2.29. The Morgan fingerprint density at radius 2 is 2.19 bits per heavy atom. The number of nitrogens with one attached hydrogen (secondary N) is 1. The minimum absolute atomic E-state index is 0.106. The molecule has 0 fully saturated rings. The first-order chi connectivity index (χ1) is 7.44. The Balaban J connectivity index is 2.72. The largest absolute Gasteiger partial charge is 0.271 e. The Bertz CT molecular complexity index is 333. The van der Waals surface area contributed by atoms with Crippen molar-refractivity contribution in [1.82, 2.24) is 10.4 Å². The lowest BCUT2D eigenvalue weighted by molar-refractivity contribution is 0.331. The summed E-state index contributed by atoms with van der Waals surface area (Å²) in [5.41, 5.74) is 4.14. The summed E-state index contributed by atoms with van der Waals surface area (Å²) in [5, 5.41) is 0. The van der Waals surface area contributed by atoms with Crippen LogP contribution >= 0.6 is 15.9 Å². The van der Waals surface area contributed by atoms with Crippen LogP contribution in [0.5, 0.6) is 0 Å². The van der Waals surface area contributed by atoms with Crippen LogP contribution in [0.15, 0.2) is 22.8 Å². The molecule has 0 saturated heterocycles. The summed E-state index contributed by atoms with van der Waals surface area (Å²) >= 11 is 3.50. The zero-order chi connectivity index (χ0) is 12.2. The fraction of sp³-hybridized carbons (Fsp3) is 0.583. The molecule has 0 radical (unpaired) electrons. The molecule has 0 aliphatic heterocycles. The highest BCUT2D eigenvalue weighted by atomic mass is 79.9. The first-order valence-corrected chi connectivity index (χ1v) is 6.30. The van der Waals surface area contributed by atoms with E-state index in [-0.39, 0.29) is 6.04 Å². The first kappa shape index (κ1) is 13.6. The van der Waals surface area contributed by atoms with E-state index in [9.17, 15) is 0 Å². The predicted octanol–water partition coefficient (Wildman–Crippen LogP) is 3.17. The number of nitrogens with two attached hydrogens (primary N) is 1. The van der Waals surface area contributed by atoms with Gasteiger partial charge in [-0.3, -0.25) is 16.3 Å². The van der Waals surface area contributed by atoms with Gasteiger partial charge in [-0.05, 0) is 46.3 Å². The molecule has 0 aliphatic rings. The molecule has 1 unspecified atom stereocenters. The molecule has 0 saturated carbocycles. The number of nitrogens with zero attached hydrogens (tertiary/aromatic N) is 1. The van der Waals surface area contributed by atoms with E-state index < -0.39 is 0 Å². The predicted molar refractivity (Wildman–Crippen MR) is 70.7 cm³/mol. The number of pyridine rings is 1. The maximum absolute atomic E-state index is 5.59. The highest BCUT2D eigenvalue weighted by molar-refractivity contribution is 9.10. The summed E-state index contributed by atoms with van der Waals surface area (Å²) in [6, 6.07) is 4.00. The molecule has 0 aromatic carbocycles. The van der Waals surface area contributed by atoms with E-state index in [2.05, 4.69) is 47.1 Å². The number of hydrazine groups is 1. The van der Waals surface area contributed by atoms with Crippen LogP contribution in [-0.2, 0) is 0 Å². The van der Waals surface area contributed by atoms with Crippen LogP contribution in [0.1, 0.15) is 45.3 Å². The molecule has 1 rings (SSSR count). The second-order valence-corrected chi connectivity index (χ2v) is 6.04. The molecule has 16 heavy (non-hydrogen) atoms. The smallest absolute Gasteiger partial charge is 0.0728 e. The van der Waals surface area contributed by atoms with E-state index >= 15 is 0 Å². The maximum atomic E-state index is 5.59. The van der Waals surface area contributed by atoms with Crippen molar-refractivity contribution < 1.29 is 0 Å². The molecule has 3 N–H and O–H groups in total. The number of halogens is 1. The summed E-state index contributed by atoms with van der Waals surface area (Å²) in [5.74, 6) is 5.59. The lowest BCUT2D eigenvalue weighted by Gasteiger charge is -2.22. The molecule has 1 aromatic heterocycles. The van der Waals surface area contributed by atoms with Crippen LogP contribution in [0.3, 0.4) is 0 Å². The Kier molecular flexibility index (Phi) is 4.89. The van der Waals surface area contributed by atoms with Crippen molar-refractivity contribution in [3.63, 3.8) is 0 Å². The Morgan fingerprint density at radius 3 is 2.69 bits per heavy atom. The van der Waals surface area contributed by atoms with Gasteiger partial charge >= 0.3 is 0 Å². The first-order valence-electron chi connectivity index (χ1n) is 5.50. The third-order valence-corrected chi connectivity index (χ3v) is 3.17. The van der Waals surface area contributed by atoms with Gasteiger partial charge < -0.3 is 0 Å². The van der Waals surface area contributed by atoms with Gasteiger partial charge in [0.25, 0.3) is 0 Å². The van der Waals surface area contributed by atoms with E-state index in [1.807, 2.05) is 12.1 Å². The van der Waals surface area contributed by atoms with Crippen molar-refractivity contribution in [2.24, 2.45) is 11.3 Å². The number of hydrogen-bond donors (Lipinski definition) is 2. The summed E-state index contributed by atoms with van der Waals surface area (Å²) in [4.78, 5) is 4.36. The lowest BCUT2D eigenvalue weighted by atomic mass is 9.88. The molecule has 90 valence electrons. The van der Waals surface area contributed by atoms with E-state index in [1.165, 1.54) is 0 Å². The second-order valence-electron chi connectivity index (χ2n) is 5.19. The number of aromatic nitrogens is 1. The molecule has 1 atom stereocenters. The van der Waals surface area contributed by atoms with Gasteiger partial charge in [-0.1, -0.05) is 20.8 Å². The van der Waals surface area contributed by atoms with E-state index in [4.69, 9.17) is 5.84 Å². The monoisotopic (exact) mass is 285 g/mol. The topological polar surface area (TPSA) is 50.9 Å². The minimum Gasteiger partial charge on any atom is -0.271 e. The highest BCUT2D eigenvalue weighted by Gasteiger charge is 2.18. The van der Waals surface area contributed by atoms with Crippen molar-refractivity contribution in [2.45, 2.75) is 39.7 Å². The molecule has 0 amide bonds. The third kappa shape index (κ3) is 4.20. The molecule has 0 bridgehead atoms. The van der Waals surface area contributed by atoms with Gasteiger partial charge in [0.05, 0.1) is 11.7 Å². The number of hydrogen-bond acceptors (Lipinski definition) is 3. The zero-order valence-electron chi connectivity index (χ0n) is 10.1. The summed E-state index contributed by atoms with van der Waals surface area (Å²) in [6.45, 7) is 6.69. The van der Waals surface area contributed by atoms with Crippen LogP contribution in [-0.4, -0.2) is 4.98 Å².